The van der Waals surface area contributed by atoms with Gasteiger partial charge in [0.25, 0.3) is 0 Å². The monoisotopic (exact) mass is 296 g/mol. The third-order valence-electron chi connectivity index (χ3n) is 3.15. The molecule has 2 amide bonds. The van der Waals surface area contributed by atoms with E-state index in [2.05, 4.69) is 10.6 Å². The van der Waals surface area contributed by atoms with Gasteiger partial charge in [-0.3, -0.25) is 4.79 Å². The van der Waals surface area contributed by atoms with Crippen molar-refractivity contribution in [3.8, 4) is 0 Å². The Morgan fingerprint density at radius 3 is 2.67 bits per heavy atom. The minimum Gasteiger partial charge on any atom is -0.481 e. The number of aryl methyl sites for hydroxylation is 1. The molecule has 0 aliphatic carbocycles. The van der Waals surface area contributed by atoms with E-state index in [9.17, 15) is 14.0 Å². The molecule has 0 heterocycles. The van der Waals surface area contributed by atoms with Crippen LogP contribution in [0.5, 0.6) is 0 Å². The van der Waals surface area contributed by atoms with Crippen LogP contribution in [0.2, 0.25) is 0 Å². The highest BCUT2D eigenvalue weighted by Gasteiger charge is 2.10. The maximum absolute atomic E-state index is 13.5. The van der Waals surface area contributed by atoms with Crippen LogP contribution in [-0.2, 0) is 4.79 Å². The zero-order valence-electron chi connectivity index (χ0n) is 12.3. The first-order chi connectivity index (χ1) is 9.90. The third-order valence-corrected chi connectivity index (χ3v) is 3.15. The van der Waals surface area contributed by atoms with Crippen LogP contribution in [-0.4, -0.2) is 23.7 Å². The van der Waals surface area contributed by atoms with Gasteiger partial charge in [0.05, 0.1) is 6.04 Å². The molecule has 0 radical (unpaired) electrons. The maximum Gasteiger partial charge on any atom is 0.315 e. The summed E-state index contributed by atoms with van der Waals surface area (Å²) in [6.07, 6.45) is 1.23. The summed E-state index contributed by atoms with van der Waals surface area (Å²) < 4.78 is 13.5. The zero-order chi connectivity index (χ0) is 15.8. The summed E-state index contributed by atoms with van der Waals surface area (Å²) in [5.74, 6) is -1.13. The molecule has 1 aromatic carbocycles. The number of unbranched alkanes of at least 4 members (excludes halogenated alkanes) is 1. The van der Waals surface area contributed by atoms with Crippen molar-refractivity contribution >= 4 is 12.0 Å². The maximum atomic E-state index is 13.5. The molecule has 21 heavy (non-hydrogen) atoms. The fraction of sp³-hybridized carbons (Fsp3) is 0.467. The Kier molecular flexibility index (Phi) is 6.65. The molecule has 0 bridgehead atoms. The van der Waals surface area contributed by atoms with Gasteiger partial charge in [0.15, 0.2) is 0 Å². The van der Waals surface area contributed by atoms with Crippen molar-refractivity contribution in [1.82, 2.24) is 10.6 Å². The van der Waals surface area contributed by atoms with E-state index in [1.807, 2.05) is 0 Å². The topological polar surface area (TPSA) is 78.4 Å². The summed E-state index contributed by atoms with van der Waals surface area (Å²) in [4.78, 5) is 22.0. The normalized spacial score (nSPS) is 11.8. The molecule has 1 aromatic rings. The fourth-order valence-corrected chi connectivity index (χ4v) is 1.81. The molecule has 0 aliphatic rings. The van der Waals surface area contributed by atoms with Gasteiger partial charge in [-0.05, 0) is 43.9 Å². The Morgan fingerprint density at radius 2 is 2.05 bits per heavy atom. The standard InChI is InChI=1S/C15H21FN2O3/c1-10-6-7-12(9-13(10)16)11(2)18-15(21)17-8-4-3-5-14(19)20/h6-7,9,11H,3-5,8H2,1-2H3,(H,19,20)(H2,17,18,21). The third kappa shape index (κ3) is 6.25. The molecule has 1 atom stereocenters. The van der Waals surface area contributed by atoms with Crippen LogP contribution in [0.1, 0.15) is 43.4 Å². The van der Waals surface area contributed by atoms with Crippen molar-refractivity contribution in [2.24, 2.45) is 0 Å². The first-order valence-corrected chi connectivity index (χ1v) is 6.92. The Bertz CT molecular complexity index is 506. The number of carboxylic acids is 1. The van der Waals surface area contributed by atoms with E-state index in [-0.39, 0.29) is 24.3 Å². The van der Waals surface area contributed by atoms with Gasteiger partial charge in [0, 0.05) is 13.0 Å². The van der Waals surface area contributed by atoms with Crippen LogP contribution in [0.4, 0.5) is 9.18 Å². The zero-order valence-corrected chi connectivity index (χ0v) is 12.3. The lowest BCUT2D eigenvalue weighted by atomic mass is 10.1. The highest BCUT2D eigenvalue weighted by atomic mass is 19.1. The van der Waals surface area contributed by atoms with E-state index in [0.717, 1.165) is 0 Å². The second kappa shape index (κ2) is 8.24. The Morgan fingerprint density at radius 1 is 1.33 bits per heavy atom. The van der Waals surface area contributed by atoms with Crippen LogP contribution in [0.25, 0.3) is 0 Å². The molecule has 0 saturated carbocycles. The molecule has 1 unspecified atom stereocenters. The average molecular weight is 296 g/mol. The van der Waals surface area contributed by atoms with E-state index < -0.39 is 5.97 Å². The van der Waals surface area contributed by atoms with Crippen molar-refractivity contribution in [1.29, 1.82) is 0 Å². The average Bonchev–Trinajstić information content (AvgIpc) is 2.41. The smallest absolute Gasteiger partial charge is 0.315 e. The van der Waals surface area contributed by atoms with E-state index in [1.165, 1.54) is 6.07 Å². The van der Waals surface area contributed by atoms with Gasteiger partial charge < -0.3 is 15.7 Å². The summed E-state index contributed by atoms with van der Waals surface area (Å²) >= 11 is 0. The second-order valence-corrected chi connectivity index (χ2v) is 4.98. The number of hydrogen-bond donors (Lipinski definition) is 3. The fourth-order valence-electron chi connectivity index (χ4n) is 1.81. The number of carboxylic acid groups (broad SMARTS) is 1. The molecule has 6 heteroatoms. The molecule has 0 saturated heterocycles. The lowest BCUT2D eigenvalue weighted by Crippen LogP contribution is -2.37. The number of carbonyl (C=O) groups is 2. The molecule has 0 aliphatic heterocycles. The van der Waals surface area contributed by atoms with E-state index in [4.69, 9.17) is 5.11 Å². The van der Waals surface area contributed by atoms with E-state index >= 15 is 0 Å². The molecule has 5 nitrogen and oxygen atoms in total. The summed E-state index contributed by atoms with van der Waals surface area (Å²) in [6, 6.07) is 4.20. The number of rotatable bonds is 7. The van der Waals surface area contributed by atoms with Crippen LogP contribution in [0, 0.1) is 12.7 Å². The van der Waals surface area contributed by atoms with Gasteiger partial charge in [0.2, 0.25) is 0 Å². The van der Waals surface area contributed by atoms with Crippen LogP contribution in [0.15, 0.2) is 18.2 Å². The SMILES string of the molecule is Cc1ccc(C(C)NC(=O)NCCCCC(=O)O)cc1F. The van der Waals surface area contributed by atoms with Gasteiger partial charge in [-0.25, -0.2) is 9.18 Å². The summed E-state index contributed by atoms with van der Waals surface area (Å²) in [6.45, 7) is 3.86. The van der Waals surface area contributed by atoms with Crippen molar-refractivity contribution in [3.63, 3.8) is 0 Å². The van der Waals surface area contributed by atoms with Gasteiger partial charge in [-0.15, -0.1) is 0 Å². The molecule has 0 fully saturated rings. The van der Waals surface area contributed by atoms with Crippen molar-refractivity contribution in [3.05, 3.63) is 35.1 Å². The summed E-state index contributed by atoms with van der Waals surface area (Å²) in [5.41, 5.74) is 1.26. The number of amides is 2. The van der Waals surface area contributed by atoms with Crippen molar-refractivity contribution in [2.75, 3.05) is 6.54 Å². The number of hydrogen-bond acceptors (Lipinski definition) is 2. The molecular weight excluding hydrogens is 275 g/mol. The highest BCUT2D eigenvalue weighted by molar-refractivity contribution is 5.74. The number of carbonyl (C=O) groups excluding carboxylic acids is 1. The quantitative estimate of drug-likeness (QED) is 0.677. The first-order valence-electron chi connectivity index (χ1n) is 6.92. The number of aliphatic carboxylic acids is 1. The summed E-state index contributed by atoms with van der Waals surface area (Å²) in [7, 11) is 0. The first kappa shape index (κ1) is 16.9. The molecule has 116 valence electrons. The predicted octanol–water partition coefficient (Wildman–Crippen LogP) is 2.75. The van der Waals surface area contributed by atoms with Gasteiger partial charge in [-0.2, -0.15) is 0 Å². The number of urea groups is 1. The number of halogens is 1. The predicted molar refractivity (Wildman–Crippen MR) is 77.6 cm³/mol. The lowest BCUT2D eigenvalue weighted by Gasteiger charge is -2.15. The number of nitrogens with one attached hydrogen (secondary N) is 2. The van der Waals surface area contributed by atoms with Crippen LogP contribution in [0.3, 0.4) is 0 Å². The lowest BCUT2D eigenvalue weighted by molar-refractivity contribution is -0.137. The minimum absolute atomic E-state index is 0.0995. The van der Waals surface area contributed by atoms with Gasteiger partial charge >= 0.3 is 12.0 Å². The Labute approximate surface area is 123 Å². The van der Waals surface area contributed by atoms with Crippen LogP contribution < -0.4 is 10.6 Å². The molecule has 0 spiro atoms. The molecule has 0 aromatic heterocycles. The van der Waals surface area contributed by atoms with Crippen molar-refractivity contribution in [2.45, 2.75) is 39.2 Å². The summed E-state index contributed by atoms with van der Waals surface area (Å²) in [5, 5.41) is 13.8. The second-order valence-electron chi connectivity index (χ2n) is 4.98. The Hall–Kier alpha value is -2.11. The van der Waals surface area contributed by atoms with Crippen molar-refractivity contribution < 1.29 is 19.1 Å². The largest absolute Gasteiger partial charge is 0.481 e. The Balaban J connectivity index is 2.33. The molecule has 3 N–H and O–H groups in total. The minimum atomic E-state index is -0.838. The molecular formula is C15H21FN2O3. The van der Waals surface area contributed by atoms with Crippen LogP contribution >= 0.6 is 0 Å². The van der Waals surface area contributed by atoms with E-state index in [0.29, 0.717) is 30.5 Å². The van der Waals surface area contributed by atoms with Gasteiger partial charge in [0.1, 0.15) is 5.82 Å². The highest BCUT2D eigenvalue weighted by Crippen LogP contribution is 2.16. The molecule has 1 rings (SSSR count). The number of benzene rings is 1. The van der Waals surface area contributed by atoms with E-state index in [1.54, 1.807) is 26.0 Å². The van der Waals surface area contributed by atoms with Gasteiger partial charge in [-0.1, -0.05) is 12.1 Å².